The Labute approximate surface area is 159 Å². The maximum Gasteiger partial charge on any atom is 0.417 e. The SMILES string of the molecule is Cn1ccnc(NCC2CN(c3ccc(C#N)c(C(F)(F)F)c3)CCO2)c1=O. The van der Waals surface area contributed by atoms with Gasteiger partial charge in [-0.25, -0.2) is 4.98 Å². The molecule has 0 aliphatic carbocycles. The Morgan fingerprint density at radius 2 is 2.21 bits per heavy atom. The Morgan fingerprint density at radius 1 is 1.43 bits per heavy atom. The van der Waals surface area contributed by atoms with Gasteiger partial charge in [0, 0.05) is 44.8 Å². The van der Waals surface area contributed by atoms with Crippen LogP contribution in [0.4, 0.5) is 24.7 Å². The molecule has 0 amide bonds. The fourth-order valence-electron chi connectivity index (χ4n) is 2.97. The second-order valence-corrected chi connectivity index (χ2v) is 6.35. The number of alkyl halides is 3. The van der Waals surface area contributed by atoms with Gasteiger partial charge in [-0.05, 0) is 18.2 Å². The van der Waals surface area contributed by atoms with Crippen LogP contribution in [0.15, 0.2) is 35.4 Å². The van der Waals surface area contributed by atoms with Crippen molar-refractivity contribution in [2.75, 3.05) is 36.5 Å². The van der Waals surface area contributed by atoms with E-state index in [2.05, 4.69) is 10.3 Å². The summed E-state index contributed by atoms with van der Waals surface area (Å²) in [6.07, 6.45) is -1.92. The number of hydrogen-bond donors (Lipinski definition) is 1. The lowest BCUT2D eigenvalue weighted by molar-refractivity contribution is -0.137. The van der Waals surface area contributed by atoms with Gasteiger partial charge in [-0.15, -0.1) is 0 Å². The van der Waals surface area contributed by atoms with Crippen LogP contribution >= 0.6 is 0 Å². The lowest BCUT2D eigenvalue weighted by Crippen LogP contribution is -2.45. The lowest BCUT2D eigenvalue weighted by atomic mass is 10.1. The quantitative estimate of drug-likeness (QED) is 0.856. The highest BCUT2D eigenvalue weighted by Crippen LogP contribution is 2.34. The number of hydrogen-bond acceptors (Lipinski definition) is 6. The van der Waals surface area contributed by atoms with E-state index in [4.69, 9.17) is 10.00 Å². The molecule has 1 aromatic carbocycles. The molecular weight excluding hydrogens is 375 g/mol. The molecule has 148 valence electrons. The predicted molar refractivity (Wildman–Crippen MR) is 96.1 cm³/mol. The predicted octanol–water partition coefficient (Wildman–Crippen LogP) is 1.99. The van der Waals surface area contributed by atoms with Crippen molar-refractivity contribution >= 4 is 11.5 Å². The molecule has 7 nitrogen and oxygen atoms in total. The number of aromatic nitrogens is 2. The number of anilines is 2. The minimum absolute atomic E-state index is 0.184. The molecule has 0 saturated carbocycles. The summed E-state index contributed by atoms with van der Waals surface area (Å²) in [7, 11) is 1.61. The molecule has 0 bridgehead atoms. The molecule has 0 radical (unpaired) electrons. The van der Waals surface area contributed by atoms with Gasteiger partial charge in [-0.1, -0.05) is 0 Å². The highest BCUT2D eigenvalue weighted by molar-refractivity contribution is 5.55. The van der Waals surface area contributed by atoms with Gasteiger partial charge in [0.25, 0.3) is 5.56 Å². The lowest BCUT2D eigenvalue weighted by Gasteiger charge is -2.35. The second kappa shape index (κ2) is 7.90. The Morgan fingerprint density at radius 3 is 2.93 bits per heavy atom. The third kappa shape index (κ3) is 4.26. The minimum Gasteiger partial charge on any atom is -0.373 e. The molecule has 3 rings (SSSR count). The highest BCUT2D eigenvalue weighted by Gasteiger charge is 2.34. The first kappa shape index (κ1) is 19.7. The van der Waals surface area contributed by atoms with Crippen LogP contribution in [0.3, 0.4) is 0 Å². The summed E-state index contributed by atoms with van der Waals surface area (Å²) in [5.74, 6) is 0.184. The van der Waals surface area contributed by atoms with Crippen molar-refractivity contribution in [3.05, 3.63) is 52.1 Å². The number of morpholine rings is 1. The number of nitrogens with one attached hydrogen (secondary N) is 1. The number of halogens is 3. The van der Waals surface area contributed by atoms with Gasteiger partial charge in [0.2, 0.25) is 0 Å². The van der Waals surface area contributed by atoms with Crippen molar-refractivity contribution in [1.29, 1.82) is 5.26 Å². The summed E-state index contributed by atoms with van der Waals surface area (Å²) in [4.78, 5) is 17.7. The van der Waals surface area contributed by atoms with E-state index < -0.39 is 17.3 Å². The Bertz CT molecular complexity index is 951. The molecule has 1 aromatic heterocycles. The number of rotatable bonds is 4. The van der Waals surface area contributed by atoms with Gasteiger partial charge in [0.1, 0.15) is 0 Å². The van der Waals surface area contributed by atoms with Gasteiger partial charge in [0.15, 0.2) is 5.82 Å². The zero-order valence-corrected chi connectivity index (χ0v) is 15.0. The van der Waals surface area contributed by atoms with Crippen molar-refractivity contribution in [3.8, 4) is 6.07 Å². The van der Waals surface area contributed by atoms with E-state index in [-0.39, 0.29) is 24.0 Å². The van der Waals surface area contributed by atoms with E-state index in [9.17, 15) is 18.0 Å². The fraction of sp³-hybridized carbons (Fsp3) is 0.389. The highest BCUT2D eigenvalue weighted by atomic mass is 19.4. The van der Waals surface area contributed by atoms with E-state index in [0.717, 1.165) is 6.07 Å². The van der Waals surface area contributed by atoms with Crippen molar-refractivity contribution in [2.45, 2.75) is 12.3 Å². The average molecular weight is 393 g/mol. The summed E-state index contributed by atoms with van der Waals surface area (Å²) >= 11 is 0. The minimum atomic E-state index is -4.60. The first-order valence-corrected chi connectivity index (χ1v) is 8.53. The molecule has 1 atom stereocenters. The standard InChI is InChI=1S/C18H18F3N5O2/c1-25-5-4-23-16(17(25)27)24-10-14-11-26(6-7-28-14)13-3-2-12(9-22)15(8-13)18(19,20)21/h2-5,8,14H,6-7,10-11H2,1H3,(H,23,24). The Kier molecular flexibility index (Phi) is 5.56. The van der Waals surface area contributed by atoms with Crippen LogP contribution in [0.2, 0.25) is 0 Å². The molecule has 2 aromatic rings. The number of nitrogens with zero attached hydrogens (tertiary/aromatic N) is 4. The van der Waals surface area contributed by atoms with Gasteiger partial charge < -0.3 is 19.5 Å². The van der Waals surface area contributed by atoms with Crippen molar-refractivity contribution < 1.29 is 17.9 Å². The normalized spacial score (nSPS) is 17.2. The Balaban J connectivity index is 1.72. The van der Waals surface area contributed by atoms with Gasteiger partial charge >= 0.3 is 6.18 Å². The number of aryl methyl sites for hydroxylation is 1. The van der Waals surface area contributed by atoms with Crippen LogP contribution in [0.25, 0.3) is 0 Å². The molecule has 1 fully saturated rings. The molecule has 2 heterocycles. The maximum atomic E-state index is 13.2. The number of ether oxygens (including phenoxy) is 1. The zero-order chi connectivity index (χ0) is 20.3. The number of benzene rings is 1. The zero-order valence-electron chi connectivity index (χ0n) is 15.0. The van der Waals surface area contributed by atoms with Crippen LogP contribution in [-0.4, -0.2) is 41.9 Å². The third-order valence-corrected chi connectivity index (χ3v) is 4.45. The molecule has 1 N–H and O–H groups in total. The van der Waals surface area contributed by atoms with Crippen LogP contribution in [-0.2, 0) is 18.0 Å². The summed E-state index contributed by atoms with van der Waals surface area (Å²) in [5.41, 5.74) is -1.27. The maximum absolute atomic E-state index is 13.2. The van der Waals surface area contributed by atoms with E-state index in [1.54, 1.807) is 18.0 Å². The average Bonchev–Trinajstić information content (AvgIpc) is 2.68. The molecule has 1 aliphatic heterocycles. The summed E-state index contributed by atoms with van der Waals surface area (Å²) in [6.45, 7) is 1.37. The second-order valence-electron chi connectivity index (χ2n) is 6.35. The molecule has 1 unspecified atom stereocenters. The summed E-state index contributed by atoms with van der Waals surface area (Å²) in [6, 6.07) is 5.24. The largest absolute Gasteiger partial charge is 0.417 e. The third-order valence-electron chi connectivity index (χ3n) is 4.45. The number of nitriles is 1. The van der Waals surface area contributed by atoms with E-state index in [1.807, 2.05) is 0 Å². The van der Waals surface area contributed by atoms with E-state index in [0.29, 0.717) is 25.4 Å². The van der Waals surface area contributed by atoms with Gasteiger partial charge in [0.05, 0.1) is 29.9 Å². The van der Waals surface area contributed by atoms with Crippen LogP contribution in [0.5, 0.6) is 0 Å². The van der Waals surface area contributed by atoms with Crippen molar-refractivity contribution in [2.24, 2.45) is 7.05 Å². The first-order valence-electron chi connectivity index (χ1n) is 8.53. The van der Waals surface area contributed by atoms with Crippen molar-refractivity contribution in [3.63, 3.8) is 0 Å². The molecule has 1 saturated heterocycles. The van der Waals surface area contributed by atoms with Crippen LogP contribution in [0.1, 0.15) is 11.1 Å². The summed E-state index contributed by atoms with van der Waals surface area (Å²) in [5, 5.41) is 11.9. The molecular formula is C18H18F3N5O2. The smallest absolute Gasteiger partial charge is 0.373 e. The van der Waals surface area contributed by atoms with E-state index in [1.165, 1.54) is 29.1 Å². The fourth-order valence-corrected chi connectivity index (χ4v) is 2.97. The van der Waals surface area contributed by atoms with Crippen molar-refractivity contribution in [1.82, 2.24) is 9.55 Å². The molecule has 0 spiro atoms. The van der Waals surface area contributed by atoms with E-state index >= 15 is 0 Å². The molecule has 28 heavy (non-hydrogen) atoms. The summed E-state index contributed by atoms with van der Waals surface area (Å²) < 4.78 is 46.6. The molecule has 10 heteroatoms. The topological polar surface area (TPSA) is 83.2 Å². The van der Waals surface area contributed by atoms with Gasteiger partial charge in [-0.2, -0.15) is 18.4 Å². The Hall–Kier alpha value is -3.06. The first-order chi connectivity index (χ1) is 13.3. The molecule has 1 aliphatic rings. The van der Waals surface area contributed by atoms with Crippen LogP contribution in [0, 0.1) is 11.3 Å². The van der Waals surface area contributed by atoms with Crippen LogP contribution < -0.4 is 15.8 Å². The van der Waals surface area contributed by atoms with Gasteiger partial charge in [-0.3, -0.25) is 4.79 Å². The monoisotopic (exact) mass is 393 g/mol.